The fourth-order valence-electron chi connectivity index (χ4n) is 3.62. The van der Waals surface area contributed by atoms with Crippen molar-refractivity contribution in [2.75, 3.05) is 37.6 Å². The number of methoxy groups -OCH3 is 2. The van der Waals surface area contributed by atoms with Crippen LogP contribution < -0.4 is 24.4 Å². The van der Waals surface area contributed by atoms with Gasteiger partial charge in [0, 0.05) is 24.2 Å². The molecule has 0 radical (unpaired) electrons. The van der Waals surface area contributed by atoms with Crippen LogP contribution in [0.1, 0.15) is 6.42 Å². The van der Waals surface area contributed by atoms with Crippen LogP contribution in [0.25, 0.3) is 11.1 Å². The number of hydrogen-bond acceptors (Lipinski definition) is 5. The zero-order chi connectivity index (χ0) is 22.5. The van der Waals surface area contributed by atoms with E-state index >= 15 is 0 Å². The normalized spacial score (nSPS) is 12.6. The molecule has 0 saturated heterocycles. The Morgan fingerprint density at radius 2 is 1.81 bits per heavy atom. The average molecular weight is 432 g/mol. The van der Waals surface area contributed by atoms with Gasteiger partial charge in [-0.25, -0.2) is 0 Å². The van der Waals surface area contributed by atoms with E-state index in [1.54, 1.807) is 25.2 Å². The summed E-state index contributed by atoms with van der Waals surface area (Å²) in [5.41, 5.74) is 3.12. The second kappa shape index (κ2) is 9.43. The van der Waals surface area contributed by atoms with Crippen LogP contribution >= 0.6 is 0 Å². The largest absolute Gasteiger partial charge is 0.497 e. The van der Waals surface area contributed by atoms with Crippen molar-refractivity contribution < 1.29 is 23.8 Å². The zero-order valence-corrected chi connectivity index (χ0v) is 18.0. The summed E-state index contributed by atoms with van der Waals surface area (Å²) in [6.07, 6.45) is 0.157. The number of fused-ring (bicyclic) bond motifs is 1. The average Bonchev–Trinajstić information content (AvgIpc) is 2.83. The fourth-order valence-corrected chi connectivity index (χ4v) is 3.62. The summed E-state index contributed by atoms with van der Waals surface area (Å²) in [6.45, 7) is 0.245. The summed E-state index contributed by atoms with van der Waals surface area (Å²) in [5.74, 6) is 1.75. The maximum Gasteiger partial charge on any atom is 0.265 e. The van der Waals surface area contributed by atoms with Crippen LogP contribution in [0.15, 0.2) is 66.7 Å². The number of nitrogens with one attached hydrogen (secondary N) is 1. The van der Waals surface area contributed by atoms with Crippen LogP contribution in [-0.4, -0.2) is 39.2 Å². The Morgan fingerprint density at radius 1 is 1.03 bits per heavy atom. The van der Waals surface area contributed by atoms with Crippen molar-refractivity contribution in [3.05, 3.63) is 66.7 Å². The molecule has 1 aliphatic heterocycles. The molecule has 0 saturated carbocycles. The van der Waals surface area contributed by atoms with Crippen molar-refractivity contribution in [2.24, 2.45) is 0 Å². The topological polar surface area (TPSA) is 77.1 Å². The minimum atomic E-state index is -0.187. The van der Waals surface area contributed by atoms with E-state index in [0.717, 1.165) is 16.9 Å². The van der Waals surface area contributed by atoms with Crippen molar-refractivity contribution in [1.29, 1.82) is 0 Å². The molecule has 1 aliphatic rings. The van der Waals surface area contributed by atoms with E-state index in [9.17, 15) is 9.59 Å². The lowest BCUT2D eigenvalue weighted by molar-refractivity contribution is -0.121. The molecule has 0 unspecified atom stereocenters. The molecule has 0 atom stereocenters. The van der Waals surface area contributed by atoms with Crippen molar-refractivity contribution in [2.45, 2.75) is 6.42 Å². The van der Waals surface area contributed by atoms with E-state index in [1.165, 1.54) is 0 Å². The third-order valence-corrected chi connectivity index (χ3v) is 5.25. The third kappa shape index (κ3) is 4.51. The first-order chi connectivity index (χ1) is 15.6. The van der Waals surface area contributed by atoms with Crippen molar-refractivity contribution in [1.82, 2.24) is 0 Å². The predicted molar refractivity (Wildman–Crippen MR) is 123 cm³/mol. The van der Waals surface area contributed by atoms with Crippen LogP contribution in [0, 0.1) is 0 Å². The van der Waals surface area contributed by atoms with Gasteiger partial charge in [-0.05, 0) is 48.0 Å². The Bertz CT molecular complexity index is 1130. The van der Waals surface area contributed by atoms with Gasteiger partial charge in [0.2, 0.25) is 5.91 Å². The van der Waals surface area contributed by atoms with Gasteiger partial charge in [0.25, 0.3) is 5.91 Å². The van der Waals surface area contributed by atoms with Gasteiger partial charge in [-0.3, -0.25) is 9.59 Å². The molecule has 7 heteroatoms. The Morgan fingerprint density at radius 3 is 2.56 bits per heavy atom. The van der Waals surface area contributed by atoms with Gasteiger partial charge in [0.05, 0.1) is 19.9 Å². The lowest BCUT2D eigenvalue weighted by Crippen LogP contribution is -2.40. The number of rotatable bonds is 7. The van der Waals surface area contributed by atoms with Crippen LogP contribution in [0.5, 0.6) is 17.2 Å². The molecule has 2 amide bonds. The molecule has 164 valence electrons. The van der Waals surface area contributed by atoms with E-state index in [2.05, 4.69) is 5.32 Å². The number of para-hydroxylation sites is 2. The van der Waals surface area contributed by atoms with Crippen LogP contribution in [-0.2, 0) is 9.59 Å². The van der Waals surface area contributed by atoms with E-state index in [0.29, 0.717) is 22.9 Å². The molecule has 0 aliphatic carbocycles. The van der Waals surface area contributed by atoms with Gasteiger partial charge in [-0.2, -0.15) is 0 Å². The zero-order valence-electron chi connectivity index (χ0n) is 18.0. The number of carbonyl (C=O) groups is 2. The molecule has 32 heavy (non-hydrogen) atoms. The summed E-state index contributed by atoms with van der Waals surface area (Å²) < 4.78 is 16.2. The molecule has 0 fully saturated rings. The standard InChI is InChI=1S/C25H24N2O5/c1-30-19-10-7-17(8-11-19)20-15-18(9-12-22(20)31-2)26-24(28)13-14-27-21-5-3-4-6-23(21)32-16-25(27)29/h3-12,15H,13-14,16H2,1-2H3,(H,26,28). The fraction of sp³-hybridized carbons (Fsp3) is 0.200. The van der Waals surface area contributed by atoms with Crippen molar-refractivity contribution in [3.63, 3.8) is 0 Å². The Kier molecular flexibility index (Phi) is 6.26. The van der Waals surface area contributed by atoms with Gasteiger partial charge < -0.3 is 24.4 Å². The number of ether oxygens (including phenoxy) is 3. The van der Waals surface area contributed by atoms with E-state index in [1.807, 2.05) is 60.7 Å². The minimum absolute atomic E-state index is 0.0255. The molecule has 0 spiro atoms. The molecule has 4 rings (SSSR count). The van der Waals surface area contributed by atoms with Gasteiger partial charge in [0.15, 0.2) is 6.61 Å². The third-order valence-electron chi connectivity index (χ3n) is 5.25. The molecular weight excluding hydrogens is 408 g/mol. The first-order valence-electron chi connectivity index (χ1n) is 10.2. The molecule has 3 aromatic rings. The second-order valence-corrected chi connectivity index (χ2v) is 7.24. The Hall–Kier alpha value is -4.00. The van der Waals surface area contributed by atoms with Crippen LogP contribution in [0.2, 0.25) is 0 Å². The number of benzene rings is 3. The molecule has 0 bridgehead atoms. The highest BCUT2D eigenvalue weighted by molar-refractivity contribution is 5.99. The number of anilines is 2. The van der Waals surface area contributed by atoms with Crippen LogP contribution in [0.4, 0.5) is 11.4 Å². The maximum absolute atomic E-state index is 12.6. The lowest BCUT2D eigenvalue weighted by atomic mass is 10.0. The molecular formula is C25H24N2O5. The van der Waals surface area contributed by atoms with Gasteiger partial charge in [-0.1, -0.05) is 24.3 Å². The second-order valence-electron chi connectivity index (χ2n) is 7.24. The molecule has 0 aromatic heterocycles. The number of nitrogens with zero attached hydrogens (tertiary/aromatic N) is 1. The van der Waals surface area contributed by atoms with E-state index < -0.39 is 0 Å². The highest BCUT2D eigenvalue weighted by Crippen LogP contribution is 2.34. The number of amides is 2. The molecule has 3 aromatic carbocycles. The van der Waals surface area contributed by atoms with Crippen molar-refractivity contribution in [3.8, 4) is 28.4 Å². The Labute approximate surface area is 186 Å². The minimum Gasteiger partial charge on any atom is -0.497 e. The summed E-state index contributed by atoms with van der Waals surface area (Å²) in [6, 6.07) is 20.4. The number of hydrogen-bond donors (Lipinski definition) is 1. The Balaban J connectivity index is 1.46. The predicted octanol–water partition coefficient (Wildman–Crippen LogP) is 4.13. The first kappa shape index (κ1) is 21.2. The highest BCUT2D eigenvalue weighted by Gasteiger charge is 2.25. The summed E-state index contributed by atoms with van der Waals surface area (Å²) in [4.78, 5) is 26.5. The molecule has 1 N–H and O–H groups in total. The van der Waals surface area contributed by atoms with Crippen molar-refractivity contribution >= 4 is 23.2 Å². The van der Waals surface area contributed by atoms with Crippen LogP contribution in [0.3, 0.4) is 0 Å². The monoisotopic (exact) mass is 432 g/mol. The molecule has 7 nitrogen and oxygen atoms in total. The van der Waals surface area contributed by atoms with E-state index in [4.69, 9.17) is 14.2 Å². The van der Waals surface area contributed by atoms with Gasteiger partial charge >= 0.3 is 0 Å². The lowest BCUT2D eigenvalue weighted by Gasteiger charge is -2.29. The SMILES string of the molecule is COc1ccc(-c2cc(NC(=O)CCN3C(=O)COc4ccccc43)ccc2OC)cc1. The summed E-state index contributed by atoms with van der Waals surface area (Å²) in [5, 5.41) is 2.92. The quantitative estimate of drug-likeness (QED) is 0.608. The van der Waals surface area contributed by atoms with Gasteiger partial charge in [-0.15, -0.1) is 0 Å². The highest BCUT2D eigenvalue weighted by atomic mass is 16.5. The van der Waals surface area contributed by atoms with E-state index in [-0.39, 0.29) is 31.4 Å². The first-order valence-corrected chi connectivity index (χ1v) is 10.2. The summed E-state index contributed by atoms with van der Waals surface area (Å²) in [7, 11) is 3.23. The number of carbonyl (C=O) groups excluding carboxylic acids is 2. The van der Waals surface area contributed by atoms with Gasteiger partial charge in [0.1, 0.15) is 17.2 Å². The molecule has 1 heterocycles. The maximum atomic E-state index is 12.6. The smallest absolute Gasteiger partial charge is 0.265 e. The summed E-state index contributed by atoms with van der Waals surface area (Å²) >= 11 is 0.